The van der Waals surface area contributed by atoms with E-state index in [-0.39, 0.29) is 10.8 Å². The zero-order valence-corrected chi connectivity index (χ0v) is 9.95. The second-order valence-electron chi connectivity index (χ2n) is 4.81. The van der Waals surface area contributed by atoms with Gasteiger partial charge < -0.3 is 4.55 Å². The van der Waals surface area contributed by atoms with E-state index in [1.165, 1.54) is 0 Å². The molecule has 0 heterocycles. The molecule has 0 aromatic rings. The van der Waals surface area contributed by atoms with Gasteiger partial charge in [0.2, 0.25) is 0 Å². The van der Waals surface area contributed by atoms with Crippen LogP contribution >= 0.6 is 0 Å². The lowest BCUT2D eigenvalue weighted by atomic mass is 9.95. The molecule has 14 heavy (non-hydrogen) atoms. The summed E-state index contributed by atoms with van der Waals surface area (Å²) < 4.78 is 14.6. The summed E-state index contributed by atoms with van der Waals surface area (Å²) in [4.78, 5) is 11.0. The molecule has 0 aromatic carbocycles. The van der Waals surface area contributed by atoms with Gasteiger partial charge in [-0.3, -0.25) is 4.79 Å². The van der Waals surface area contributed by atoms with Crippen LogP contribution in [0, 0.1) is 0 Å². The van der Waals surface area contributed by atoms with E-state index in [9.17, 15) is 9.35 Å². The molecule has 1 aliphatic rings. The molecule has 4 heteroatoms. The maximum Gasteiger partial charge on any atom is 0.136 e. The van der Waals surface area contributed by atoms with Crippen molar-refractivity contribution in [1.29, 1.82) is 0 Å². The van der Waals surface area contributed by atoms with Gasteiger partial charge in [-0.2, -0.15) is 0 Å². The normalized spacial score (nSPS) is 22.4. The van der Waals surface area contributed by atoms with Crippen molar-refractivity contribution in [2.45, 2.75) is 57.2 Å². The van der Waals surface area contributed by atoms with Crippen LogP contribution in [-0.4, -0.2) is 21.1 Å². The van der Waals surface area contributed by atoms with Crippen LogP contribution < -0.4 is 4.72 Å². The van der Waals surface area contributed by atoms with Gasteiger partial charge in [-0.25, -0.2) is 0 Å². The van der Waals surface area contributed by atoms with Gasteiger partial charge in [0.05, 0.1) is 6.04 Å². The van der Waals surface area contributed by atoms with E-state index in [1.807, 2.05) is 20.8 Å². The van der Waals surface area contributed by atoms with Crippen molar-refractivity contribution in [2.75, 3.05) is 0 Å². The number of rotatable bonds is 2. The van der Waals surface area contributed by atoms with Crippen molar-refractivity contribution in [3.8, 4) is 0 Å². The fourth-order valence-corrected chi connectivity index (χ4v) is 2.28. The first-order valence-electron chi connectivity index (χ1n) is 5.09. The molecule has 1 fully saturated rings. The second kappa shape index (κ2) is 4.64. The maximum absolute atomic E-state index is 11.7. The largest absolute Gasteiger partial charge is 0.598 e. The quantitative estimate of drug-likeness (QED) is 0.714. The number of carbonyl (C=O) groups is 1. The molecular formula is C10H19NO2S. The molecule has 0 saturated heterocycles. The summed E-state index contributed by atoms with van der Waals surface area (Å²) in [5.41, 5.74) is 0. The van der Waals surface area contributed by atoms with E-state index < -0.39 is 11.4 Å². The Hall–Kier alpha value is -0.0600. The van der Waals surface area contributed by atoms with Gasteiger partial charge >= 0.3 is 0 Å². The average molecular weight is 217 g/mol. The first-order valence-corrected chi connectivity index (χ1v) is 6.24. The monoisotopic (exact) mass is 217 g/mol. The Morgan fingerprint density at radius 3 is 2.29 bits per heavy atom. The predicted octanol–water partition coefficient (Wildman–Crippen LogP) is 1.55. The van der Waals surface area contributed by atoms with Crippen molar-refractivity contribution < 1.29 is 9.35 Å². The first kappa shape index (κ1) is 12.0. The minimum atomic E-state index is -1.01. The van der Waals surface area contributed by atoms with Crippen LogP contribution in [0.5, 0.6) is 0 Å². The molecule has 0 amide bonds. The molecule has 0 unspecified atom stereocenters. The molecule has 0 spiro atoms. The zero-order valence-electron chi connectivity index (χ0n) is 9.13. The molecule has 1 N–H and O–H groups in total. The summed E-state index contributed by atoms with van der Waals surface area (Å²) in [7, 11) is 0. The Balaban J connectivity index is 2.34. The Bertz CT molecular complexity index is 203. The highest BCUT2D eigenvalue weighted by Gasteiger charge is 2.30. The van der Waals surface area contributed by atoms with E-state index in [0.29, 0.717) is 18.6 Å². The Kier molecular flexibility index (Phi) is 3.98. The van der Waals surface area contributed by atoms with Crippen molar-refractivity contribution in [3.63, 3.8) is 0 Å². The van der Waals surface area contributed by atoms with Gasteiger partial charge in [-0.15, -0.1) is 4.72 Å². The molecule has 0 radical (unpaired) electrons. The van der Waals surface area contributed by atoms with E-state index in [0.717, 1.165) is 12.8 Å². The SMILES string of the molecule is CC(C)(C)[S@@+]([O-])NC1CCC(=O)CC1. The molecular weight excluding hydrogens is 198 g/mol. The van der Waals surface area contributed by atoms with Crippen LogP contribution in [-0.2, 0) is 16.2 Å². The number of nitrogens with one attached hydrogen (secondary N) is 1. The summed E-state index contributed by atoms with van der Waals surface area (Å²) in [5.74, 6) is 0.338. The smallest absolute Gasteiger partial charge is 0.136 e. The highest BCUT2D eigenvalue weighted by molar-refractivity contribution is 7.90. The topological polar surface area (TPSA) is 52.2 Å². The maximum atomic E-state index is 11.7. The third kappa shape index (κ3) is 3.59. The fraction of sp³-hybridized carbons (Fsp3) is 0.900. The van der Waals surface area contributed by atoms with Gasteiger partial charge in [0, 0.05) is 24.2 Å². The number of hydrogen-bond donors (Lipinski definition) is 1. The lowest BCUT2D eigenvalue weighted by molar-refractivity contribution is -0.120. The van der Waals surface area contributed by atoms with Gasteiger partial charge in [0.15, 0.2) is 0 Å². The van der Waals surface area contributed by atoms with Crippen molar-refractivity contribution in [2.24, 2.45) is 0 Å². The zero-order chi connectivity index (χ0) is 10.8. The molecule has 0 aliphatic heterocycles. The van der Waals surface area contributed by atoms with Crippen LogP contribution in [0.1, 0.15) is 46.5 Å². The summed E-state index contributed by atoms with van der Waals surface area (Å²) in [6, 6.07) is 0.257. The Labute approximate surface area is 89.0 Å². The Morgan fingerprint density at radius 1 is 1.36 bits per heavy atom. The van der Waals surface area contributed by atoms with Crippen LogP contribution in [0.2, 0.25) is 0 Å². The van der Waals surface area contributed by atoms with Crippen molar-refractivity contribution in [1.82, 2.24) is 4.72 Å². The molecule has 82 valence electrons. The molecule has 1 saturated carbocycles. The third-order valence-corrected chi connectivity index (χ3v) is 4.03. The number of Topliss-reactive ketones (excluding diaryl/α,β-unsaturated/α-hetero) is 1. The number of hydrogen-bond acceptors (Lipinski definition) is 3. The lowest BCUT2D eigenvalue weighted by Gasteiger charge is -2.29. The second-order valence-corrected chi connectivity index (χ2v) is 6.81. The Morgan fingerprint density at radius 2 is 1.86 bits per heavy atom. The fourth-order valence-electron chi connectivity index (χ4n) is 1.39. The lowest BCUT2D eigenvalue weighted by Crippen LogP contribution is -2.45. The summed E-state index contributed by atoms with van der Waals surface area (Å²) >= 11 is -1.01. The highest BCUT2D eigenvalue weighted by Crippen LogP contribution is 2.19. The minimum Gasteiger partial charge on any atom is -0.598 e. The van der Waals surface area contributed by atoms with E-state index in [4.69, 9.17) is 0 Å². The standard InChI is InChI=1S/C10H19NO2S/c1-10(2,3)14(13)11-8-4-6-9(12)7-5-8/h8,11H,4-7H2,1-3H3/t14-/m1/s1. The van der Waals surface area contributed by atoms with E-state index in [2.05, 4.69) is 4.72 Å². The van der Waals surface area contributed by atoms with Gasteiger partial charge in [0.25, 0.3) is 0 Å². The summed E-state index contributed by atoms with van der Waals surface area (Å²) in [6.07, 6.45) is 2.94. The van der Waals surface area contributed by atoms with Gasteiger partial charge in [0.1, 0.15) is 10.5 Å². The summed E-state index contributed by atoms with van der Waals surface area (Å²) in [6.45, 7) is 5.85. The molecule has 1 atom stereocenters. The molecule has 0 bridgehead atoms. The van der Waals surface area contributed by atoms with Crippen LogP contribution in [0.4, 0.5) is 0 Å². The van der Waals surface area contributed by atoms with Gasteiger partial charge in [-0.05, 0) is 33.6 Å². The van der Waals surface area contributed by atoms with Crippen molar-refractivity contribution >= 4 is 17.1 Å². The summed E-state index contributed by atoms with van der Waals surface area (Å²) in [5, 5.41) is 0. The number of ketones is 1. The van der Waals surface area contributed by atoms with E-state index in [1.54, 1.807) is 0 Å². The predicted molar refractivity (Wildman–Crippen MR) is 58.3 cm³/mol. The molecule has 0 aromatic heterocycles. The third-order valence-electron chi connectivity index (χ3n) is 2.37. The van der Waals surface area contributed by atoms with Crippen LogP contribution in [0.15, 0.2) is 0 Å². The van der Waals surface area contributed by atoms with Crippen LogP contribution in [0.3, 0.4) is 0 Å². The van der Waals surface area contributed by atoms with Crippen molar-refractivity contribution in [3.05, 3.63) is 0 Å². The molecule has 1 rings (SSSR count). The molecule has 1 aliphatic carbocycles. The van der Waals surface area contributed by atoms with Crippen LogP contribution in [0.25, 0.3) is 0 Å². The van der Waals surface area contributed by atoms with E-state index >= 15 is 0 Å². The average Bonchev–Trinajstić information content (AvgIpc) is 2.07. The van der Waals surface area contributed by atoms with Gasteiger partial charge in [-0.1, -0.05) is 0 Å². The highest BCUT2D eigenvalue weighted by atomic mass is 32.2. The molecule has 3 nitrogen and oxygen atoms in total. The minimum absolute atomic E-state index is 0.221. The first-order chi connectivity index (χ1) is 6.39. The number of carbonyl (C=O) groups excluding carboxylic acids is 1.